The zero-order valence-corrected chi connectivity index (χ0v) is 15.7. The number of carbonyl (C=O) groups is 1. The number of hydrogen-bond acceptors (Lipinski definition) is 4. The van der Waals surface area contributed by atoms with Gasteiger partial charge < -0.3 is 5.32 Å². The van der Waals surface area contributed by atoms with Gasteiger partial charge in [0, 0.05) is 18.7 Å². The summed E-state index contributed by atoms with van der Waals surface area (Å²) in [5, 5.41) is 12.4. The Morgan fingerprint density at radius 2 is 1.73 bits per heavy atom. The third-order valence-corrected chi connectivity index (χ3v) is 7.22. The van der Waals surface area contributed by atoms with Crippen molar-refractivity contribution in [2.45, 2.75) is 61.8 Å². The van der Waals surface area contributed by atoms with E-state index < -0.39 is 15.6 Å². The van der Waals surface area contributed by atoms with Crippen LogP contribution < -0.4 is 5.32 Å². The van der Waals surface area contributed by atoms with Gasteiger partial charge in [0.25, 0.3) is 5.91 Å². The van der Waals surface area contributed by atoms with Crippen LogP contribution in [0.4, 0.5) is 0 Å². The predicted molar refractivity (Wildman–Crippen MR) is 97.9 cm³/mol. The van der Waals surface area contributed by atoms with Gasteiger partial charge in [-0.15, -0.1) is 0 Å². The van der Waals surface area contributed by atoms with Gasteiger partial charge in [-0.2, -0.15) is 9.57 Å². The van der Waals surface area contributed by atoms with E-state index in [0.717, 1.165) is 38.5 Å². The molecule has 0 aromatic heterocycles. The lowest BCUT2D eigenvalue weighted by Gasteiger charge is -2.31. The summed E-state index contributed by atoms with van der Waals surface area (Å²) in [5.41, 5.74) is -0.555. The topological polar surface area (TPSA) is 90.3 Å². The first kappa shape index (κ1) is 18.9. The molecular weight excluding hydrogens is 350 g/mol. The van der Waals surface area contributed by atoms with Crippen molar-refractivity contribution in [1.82, 2.24) is 9.62 Å². The lowest BCUT2D eigenvalue weighted by Crippen LogP contribution is -2.48. The van der Waals surface area contributed by atoms with Crippen LogP contribution >= 0.6 is 0 Å². The standard InChI is InChI=1S/C19H25N3O3S/c20-15-19(10-3-1-4-11-19)21-18(23)16-8-7-9-17(14-16)26(24,25)22-12-5-2-6-13-22/h7-9,14H,1-6,10-13H2,(H,21,23). The summed E-state index contributed by atoms with van der Waals surface area (Å²) in [7, 11) is -3.58. The van der Waals surface area contributed by atoms with Crippen molar-refractivity contribution in [3.8, 4) is 6.07 Å². The number of benzene rings is 1. The molecular formula is C19H25N3O3S. The molecule has 1 heterocycles. The van der Waals surface area contributed by atoms with Crippen molar-refractivity contribution in [2.24, 2.45) is 0 Å². The first-order valence-corrected chi connectivity index (χ1v) is 10.7. The number of amides is 1. The van der Waals surface area contributed by atoms with Crippen molar-refractivity contribution in [3.63, 3.8) is 0 Å². The Morgan fingerprint density at radius 3 is 2.38 bits per heavy atom. The van der Waals surface area contributed by atoms with Gasteiger partial charge in [0.15, 0.2) is 0 Å². The molecule has 26 heavy (non-hydrogen) atoms. The molecule has 2 aliphatic rings. The summed E-state index contributed by atoms with van der Waals surface area (Å²) in [6.07, 6.45) is 6.96. The highest BCUT2D eigenvalue weighted by Gasteiger charge is 2.34. The van der Waals surface area contributed by atoms with E-state index in [-0.39, 0.29) is 16.4 Å². The molecule has 7 heteroatoms. The van der Waals surface area contributed by atoms with Crippen LogP contribution in [0.2, 0.25) is 0 Å². The molecule has 0 atom stereocenters. The Kier molecular flexibility index (Phi) is 5.64. The number of nitrogens with one attached hydrogen (secondary N) is 1. The number of nitriles is 1. The van der Waals surface area contributed by atoms with Crippen LogP contribution in [0.5, 0.6) is 0 Å². The highest BCUT2D eigenvalue weighted by Crippen LogP contribution is 2.28. The van der Waals surface area contributed by atoms with E-state index in [9.17, 15) is 18.5 Å². The second-order valence-electron chi connectivity index (χ2n) is 7.20. The molecule has 1 aliphatic carbocycles. The Hall–Kier alpha value is -1.91. The number of nitrogens with zero attached hydrogens (tertiary/aromatic N) is 2. The molecule has 140 valence electrons. The number of rotatable bonds is 4. The highest BCUT2D eigenvalue weighted by molar-refractivity contribution is 7.89. The summed E-state index contributed by atoms with van der Waals surface area (Å²) in [4.78, 5) is 12.8. The van der Waals surface area contributed by atoms with Crippen molar-refractivity contribution in [1.29, 1.82) is 5.26 Å². The highest BCUT2D eigenvalue weighted by atomic mass is 32.2. The van der Waals surface area contributed by atoms with Crippen LogP contribution in [-0.4, -0.2) is 37.3 Å². The molecule has 1 saturated heterocycles. The van der Waals surface area contributed by atoms with Crippen LogP contribution in [-0.2, 0) is 10.0 Å². The Bertz CT molecular complexity index is 802. The van der Waals surface area contributed by atoms with Gasteiger partial charge in [-0.05, 0) is 43.9 Å². The zero-order chi connectivity index (χ0) is 18.6. The molecule has 1 saturated carbocycles. The predicted octanol–water partition coefficient (Wildman–Crippen LogP) is 2.82. The lowest BCUT2D eigenvalue weighted by molar-refractivity contribution is 0.0902. The number of piperidine rings is 1. The van der Waals surface area contributed by atoms with E-state index in [1.54, 1.807) is 12.1 Å². The fourth-order valence-corrected chi connectivity index (χ4v) is 5.33. The molecule has 1 amide bonds. The maximum Gasteiger partial charge on any atom is 0.252 e. The van der Waals surface area contributed by atoms with Crippen LogP contribution in [0.25, 0.3) is 0 Å². The average molecular weight is 375 g/mol. The largest absolute Gasteiger partial charge is 0.334 e. The maximum atomic E-state index is 12.8. The molecule has 1 aromatic rings. The average Bonchev–Trinajstić information content (AvgIpc) is 2.69. The molecule has 3 rings (SSSR count). The van der Waals surface area contributed by atoms with E-state index in [1.165, 1.54) is 16.4 Å². The van der Waals surface area contributed by atoms with Crippen molar-refractivity contribution < 1.29 is 13.2 Å². The monoisotopic (exact) mass is 375 g/mol. The van der Waals surface area contributed by atoms with Gasteiger partial charge in [0.05, 0.1) is 11.0 Å². The minimum absolute atomic E-state index is 0.140. The molecule has 0 bridgehead atoms. The third kappa shape index (κ3) is 3.92. The molecule has 0 radical (unpaired) electrons. The molecule has 1 aromatic carbocycles. The van der Waals surface area contributed by atoms with E-state index >= 15 is 0 Å². The fourth-order valence-electron chi connectivity index (χ4n) is 3.76. The van der Waals surface area contributed by atoms with Gasteiger partial charge in [-0.1, -0.05) is 31.7 Å². The van der Waals surface area contributed by atoms with E-state index in [2.05, 4.69) is 11.4 Å². The van der Waals surface area contributed by atoms with E-state index in [0.29, 0.717) is 25.9 Å². The number of hydrogen-bond donors (Lipinski definition) is 1. The summed E-state index contributed by atoms with van der Waals surface area (Å²) in [6, 6.07) is 8.39. The summed E-state index contributed by atoms with van der Waals surface area (Å²) >= 11 is 0. The van der Waals surface area contributed by atoms with E-state index in [1.807, 2.05) is 0 Å². The van der Waals surface area contributed by atoms with E-state index in [4.69, 9.17) is 0 Å². The second-order valence-corrected chi connectivity index (χ2v) is 9.14. The Balaban J connectivity index is 1.80. The second kappa shape index (κ2) is 7.77. The molecule has 1 aliphatic heterocycles. The summed E-state index contributed by atoms with van der Waals surface area (Å²) in [6.45, 7) is 1.05. The first-order valence-electron chi connectivity index (χ1n) is 9.31. The molecule has 0 unspecified atom stereocenters. The van der Waals surface area contributed by atoms with Crippen molar-refractivity contribution >= 4 is 15.9 Å². The zero-order valence-electron chi connectivity index (χ0n) is 14.9. The lowest BCUT2D eigenvalue weighted by atomic mass is 9.82. The van der Waals surface area contributed by atoms with Gasteiger partial charge in [-0.3, -0.25) is 4.79 Å². The molecule has 6 nitrogen and oxygen atoms in total. The molecule has 2 fully saturated rings. The third-order valence-electron chi connectivity index (χ3n) is 5.32. The molecule has 0 spiro atoms. The summed E-state index contributed by atoms with van der Waals surface area (Å²) < 4.78 is 27.1. The van der Waals surface area contributed by atoms with Gasteiger partial charge in [-0.25, -0.2) is 8.42 Å². The van der Waals surface area contributed by atoms with Crippen molar-refractivity contribution in [2.75, 3.05) is 13.1 Å². The number of sulfonamides is 1. The van der Waals surface area contributed by atoms with Crippen LogP contribution in [0.3, 0.4) is 0 Å². The minimum atomic E-state index is -3.58. The Morgan fingerprint density at radius 1 is 1.08 bits per heavy atom. The van der Waals surface area contributed by atoms with Crippen LogP contribution in [0, 0.1) is 11.3 Å². The quantitative estimate of drug-likeness (QED) is 0.876. The first-order chi connectivity index (χ1) is 12.5. The Labute approximate surface area is 155 Å². The van der Waals surface area contributed by atoms with Gasteiger partial charge >= 0.3 is 0 Å². The van der Waals surface area contributed by atoms with Gasteiger partial charge in [0.1, 0.15) is 5.54 Å². The van der Waals surface area contributed by atoms with Gasteiger partial charge in [0.2, 0.25) is 10.0 Å². The minimum Gasteiger partial charge on any atom is -0.334 e. The smallest absolute Gasteiger partial charge is 0.252 e. The fraction of sp³-hybridized carbons (Fsp3) is 0.579. The van der Waals surface area contributed by atoms with Crippen LogP contribution in [0.15, 0.2) is 29.2 Å². The maximum absolute atomic E-state index is 12.8. The molecule has 1 N–H and O–H groups in total. The van der Waals surface area contributed by atoms with Crippen LogP contribution in [0.1, 0.15) is 61.7 Å². The SMILES string of the molecule is N#CC1(NC(=O)c2cccc(S(=O)(=O)N3CCCCC3)c2)CCCCC1. The van der Waals surface area contributed by atoms with Crippen molar-refractivity contribution in [3.05, 3.63) is 29.8 Å². The summed E-state index contributed by atoms with van der Waals surface area (Å²) in [5.74, 6) is -0.385. The normalized spacial score (nSPS) is 20.9. The number of carbonyl (C=O) groups excluding carboxylic acids is 1.